The van der Waals surface area contributed by atoms with Gasteiger partial charge in [0, 0.05) is 0 Å². The molecule has 1 aliphatic rings. The maximum atomic E-state index is 12.3. The summed E-state index contributed by atoms with van der Waals surface area (Å²) in [5.41, 5.74) is 1.23. The average Bonchev–Trinajstić information content (AvgIpc) is 2.43. The molecule has 0 bridgehead atoms. The van der Waals surface area contributed by atoms with Crippen molar-refractivity contribution in [3.63, 3.8) is 0 Å². The summed E-state index contributed by atoms with van der Waals surface area (Å²) in [5, 5.41) is 6.49. The van der Waals surface area contributed by atoms with E-state index >= 15 is 0 Å². The predicted molar refractivity (Wildman–Crippen MR) is 89.7 cm³/mol. The van der Waals surface area contributed by atoms with E-state index < -0.39 is 0 Å². The highest BCUT2D eigenvalue weighted by Gasteiger charge is 2.30. The Hall–Kier alpha value is -1.06. The lowest BCUT2D eigenvalue weighted by Crippen LogP contribution is -2.46. The summed E-state index contributed by atoms with van der Waals surface area (Å²) >= 11 is 0. The van der Waals surface area contributed by atoms with Gasteiger partial charge < -0.3 is 10.6 Å². The fourth-order valence-electron chi connectivity index (χ4n) is 2.64. The lowest BCUT2D eigenvalue weighted by Gasteiger charge is -2.35. The van der Waals surface area contributed by atoms with E-state index in [1.54, 1.807) is 0 Å². The molecule has 0 heterocycles. The van der Waals surface area contributed by atoms with E-state index in [1.807, 2.05) is 25.1 Å². The van der Waals surface area contributed by atoms with Gasteiger partial charge in [-0.25, -0.2) is 0 Å². The van der Waals surface area contributed by atoms with Crippen LogP contribution in [0.4, 0.5) is 0 Å². The molecule has 2 unspecified atom stereocenters. The number of hydrogen-bond donors (Lipinski definition) is 2. The number of nitrogens with one attached hydrogen (secondary N) is 2. The van der Waals surface area contributed by atoms with Crippen LogP contribution in [0.3, 0.4) is 0 Å². The zero-order chi connectivity index (χ0) is 14.4. The van der Waals surface area contributed by atoms with Crippen LogP contribution in [-0.2, 0) is 4.79 Å². The van der Waals surface area contributed by atoms with Gasteiger partial charge in [0.15, 0.2) is 0 Å². The van der Waals surface area contributed by atoms with Crippen LogP contribution in [0.1, 0.15) is 51.1 Å². The van der Waals surface area contributed by atoms with Gasteiger partial charge in [-0.05, 0) is 44.2 Å². The van der Waals surface area contributed by atoms with Crippen LogP contribution in [0.15, 0.2) is 30.3 Å². The quantitative estimate of drug-likeness (QED) is 0.810. The third-order valence-electron chi connectivity index (χ3n) is 4.17. The van der Waals surface area contributed by atoms with Crippen molar-refractivity contribution in [1.82, 2.24) is 10.6 Å². The Bertz CT molecular complexity index is 420. The highest BCUT2D eigenvalue weighted by Crippen LogP contribution is 2.37. The van der Waals surface area contributed by atoms with E-state index in [9.17, 15) is 4.79 Å². The van der Waals surface area contributed by atoms with Crippen LogP contribution < -0.4 is 10.6 Å². The van der Waals surface area contributed by atoms with Crippen molar-refractivity contribution in [2.75, 3.05) is 6.54 Å². The molecule has 1 saturated carbocycles. The molecule has 4 heteroatoms. The van der Waals surface area contributed by atoms with Crippen molar-refractivity contribution >= 4 is 18.3 Å². The van der Waals surface area contributed by atoms with Crippen molar-refractivity contribution in [2.45, 2.75) is 51.6 Å². The molecule has 1 aliphatic carbocycles. The molecule has 2 N–H and O–H groups in total. The van der Waals surface area contributed by atoms with Crippen molar-refractivity contribution in [2.24, 2.45) is 5.92 Å². The first-order valence-corrected chi connectivity index (χ1v) is 7.81. The zero-order valence-electron chi connectivity index (χ0n) is 13.0. The van der Waals surface area contributed by atoms with Crippen molar-refractivity contribution in [1.29, 1.82) is 0 Å². The predicted octanol–water partition coefficient (Wildman–Crippen LogP) is 3.45. The number of rotatable bonds is 7. The van der Waals surface area contributed by atoms with Crippen molar-refractivity contribution < 1.29 is 4.79 Å². The molecule has 118 valence electrons. The van der Waals surface area contributed by atoms with E-state index in [4.69, 9.17) is 0 Å². The lowest BCUT2D eigenvalue weighted by atomic mass is 9.77. The molecule has 21 heavy (non-hydrogen) atoms. The van der Waals surface area contributed by atoms with Gasteiger partial charge in [0.05, 0.1) is 12.1 Å². The molecule has 1 amide bonds. The first kappa shape index (κ1) is 18.0. The van der Waals surface area contributed by atoms with Gasteiger partial charge in [-0.2, -0.15) is 0 Å². The van der Waals surface area contributed by atoms with E-state index in [1.165, 1.54) is 24.8 Å². The Morgan fingerprint density at radius 1 is 1.29 bits per heavy atom. The molecule has 1 fully saturated rings. The Morgan fingerprint density at radius 3 is 2.48 bits per heavy atom. The van der Waals surface area contributed by atoms with Crippen LogP contribution in [0.2, 0.25) is 0 Å². The normalized spacial score (nSPS) is 17.2. The fraction of sp³-hybridized carbons (Fsp3) is 0.588. The average molecular weight is 311 g/mol. The van der Waals surface area contributed by atoms with Gasteiger partial charge in [0.1, 0.15) is 0 Å². The molecular weight excluding hydrogens is 284 g/mol. The smallest absolute Gasteiger partial charge is 0.237 e. The standard InChI is InChI=1S/C17H26N2O.ClH/c1-3-12-18-13(2)17(20)19-16(15-10-7-11-15)14-8-5-4-6-9-14;/h4-6,8-9,13,15-16,18H,3,7,10-12H2,1-2H3,(H,19,20);1H. The molecule has 0 aromatic heterocycles. The third-order valence-corrected chi connectivity index (χ3v) is 4.17. The van der Waals surface area contributed by atoms with Crippen LogP contribution in [0.5, 0.6) is 0 Å². The maximum absolute atomic E-state index is 12.3. The Balaban J connectivity index is 0.00000220. The second-order valence-corrected chi connectivity index (χ2v) is 5.76. The highest BCUT2D eigenvalue weighted by atomic mass is 35.5. The number of benzene rings is 1. The summed E-state index contributed by atoms with van der Waals surface area (Å²) in [7, 11) is 0. The molecule has 1 aromatic carbocycles. The fourth-order valence-corrected chi connectivity index (χ4v) is 2.64. The second-order valence-electron chi connectivity index (χ2n) is 5.76. The Labute approximate surface area is 134 Å². The van der Waals surface area contributed by atoms with Gasteiger partial charge in [-0.3, -0.25) is 4.79 Å². The van der Waals surface area contributed by atoms with E-state index in [0.29, 0.717) is 5.92 Å². The van der Waals surface area contributed by atoms with Crippen molar-refractivity contribution in [3.05, 3.63) is 35.9 Å². The lowest BCUT2D eigenvalue weighted by molar-refractivity contribution is -0.124. The molecule has 2 atom stereocenters. The number of amides is 1. The molecule has 2 rings (SSSR count). The number of carbonyl (C=O) groups is 1. The van der Waals surface area contributed by atoms with Crippen LogP contribution in [-0.4, -0.2) is 18.5 Å². The van der Waals surface area contributed by atoms with Gasteiger partial charge in [0.2, 0.25) is 5.91 Å². The summed E-state index contributed by atoms with van der Waals surface area (Å²) in [6, 6.07) is 10.4. The van der Waals surface area contributed by atoms with Gasteiger partial charge in [-0.1, -0.05) is 43.7 Å². The summed E-state index contributed by atoms with van der Waals surface area (Å²) in [4.78, 5) is 12.3. The Morgan fingerprint density at radius 2 is 1.95 bits per heavy atom. The summed E-state index contributed by atoms with van der Waals surface area (Å²) in [5.74, 6) is 0.707. The minimum Gasteiger partial charge on any atom is -0.348 e. The molecule has 0 radical (unpaired) electrons. The van der Waals surface area contributed by atoms with Crippen molar-refractivity contribution in [3.8, 4) is 0 Å². The topological polar surface area (TPSA) is 41.1 Å². The van der Waals surface area contributed by atoms with Gasteiger partial charge >= 0.3 is 0 Å². The van der Waals surface area contributed by atoms with Crippen LogP contribution >= 0.6 is 12.4 Å². The first-order valence-electron chi connectivity index (χ1n) is 7.81. The monoisotopic (exact) mass is 310 g/mol. The third kappa shape index (κ3) is 5.01. The first-order chi connectivity index (χ1) is 9.72. The SMILES string of the molecule is CCCNC(C)C(=O)NC(c1ccccc1)C1CCC1.Cl. The summed E-state index contributed by atoms with van der Waals surface area (Å²) in [6.07, 6.45) is 4.77. The van der Waals surface area contributed by atoms with Gasteiger partial charge in [-0.15, -0.1) is 12.4 Å². The molecule has 3 nitrogen and oxygen atoms in total. The van der Waals surface area contributed by atoms with Crippen LogP contribution in [0.25, 0.3) is 0 Å². The number of halogens is 1. The number of hydrogen-bond acceptors (Lipinski definition) is 2. The largest absolute Gasteiger partial charge is 0.348 e. The van der Waals surface area contributed by atoms with E-state index in [0.717, 1.165) is 13.0 Å². The summed E-state index contributed by atoms with van der Waals surface area (Å²) in [6.45, 7) is 4.93. The minimum atomic E-state index is -0.124. The Kier molecular flexibility index (Phi) is 7.76. The summed E-state index contributed by atoms with van der Waals surface area (Å²) < 4.78 is 0. The molecule has 0 aliphatic heterocycles. The van der Waals surface area contributed by atoms with E-state index in [2.05, 4.69) is 29.7 Å². The van der Waals surface area contributed by atoms with E-state index in [-0.39, 0.29) is 30.4 Å². The minimum absolute atomic E-state index is 0. The van der Waals surface area contributed by atoms with Gasteiger partial charge in [0.25, 0.3) is 0 Å². The number of carbonyl (C=O) groups excluding carboxylic acids is 1. The molecular formula is C17H27ClN2O. The molecule has 1 aromatic rings. The zero-order valence-corrected chi connectivity index (χ0v) is 13.8. The second kappa shape index (κ2) is 9.06. The highest BCUT2D eigenvalue weighted by molar-refractivity contribution is 5.85. The van der Waals surface area contributed by atoms with Crippen LogP contribution in [0, 0.1) is 5.92 Å². The molecule has 0 spiro atoms. The maximum Gasteiger partial charge on any atom is 0.237 e. The molecule has 0 saturated heterocycles.